The van der Waals surface area contributed by atoms with Crippen LogP contribution in [0.25, 0.3) is 0 Å². The van der Waals surface area contributed by atoms with Crippen LogP contribution in [0.3, 0.4) is 0 Å². The van der Waals surface area contributed by atoms with Crippen LogP contribution in [0.5, 0.6) is 0 Å². The third kappa shape index (κ3) is 1.77. The van der Waals surface area contributed by atoms with E-state index in [9.17, 15) is 0 Å². The van der Waals surface area contributed by atoms with Crippen molar-refractivity contribution in [3.05, 3.63) is 18.7 Å². The summed E-state index contributed by atoms with van der Waals surface area (Å²) in [6.07, 6.45) is 4.49. The summed E-state index contributed by atoms with van der Waals surface area (Å²) in [4.78, 5) is 3.61. The Bertz CT molecular complexity index is 82.1. The zero-order valence-corrected chi connectivity index (χ0v) is 3.57. The molecule has 1 heterocycles. The quantitative estimate of drug-likeness (QED) is 0.421. The lowest BCUT2D eigenvalue weighted by Crippen LogP contribution is -1.75. The molecular formula is C3H5N3O. The van der Waals surface area contributed by atoms with Gasteiger partial charge < -0.3 is 5.48 Å². The molecule has 2 N–H and O–H groups in total. The molecular weight excluding hydrogens is 94.1 g/mol. The predicted octanol–water partition coefficient (Wildman–Crippen LogP) is -0.953. The third-order valence-electron chi connectivity index (χ3n) is 0.404. The first kappa shape index (κ1) is 5.97. The molecule has 0 saturated heterocycles. The van der Waals surface area contributed by atoms with Gasteiger partial charge in [-0.25, -0.2) is 4.98 Å². The van der Waals surface area contributed by atoms with E-state index in [0.717, 1.165) is 0 Å². The molecule has 4 nitrogen and oxygen atoms in total. The van der Waals surface area contributed by atoms with Gasteiger partial charge in [0.05, 0.1) is 6.20 Å². The lowest BCUT2D eigenvalue weighted by molar-refractivity contribution is 0.824. The molecule has 0 aliphatic heterocycles. The standard InChI is InChI=1S/C3H3N3.H2O/c1-2-5-6-3-4-1;/h1-3H;1H2. The number of aromatic nitrogens is 3. The van der Waals surface area contributed by atoms with Gasteiger partial charge in [0.1, 0.15) is 6.33 Å². The van der Waals surface area contributed by atoms with E-state index in [1.54, 1.807) is 6.20 Å². The van der Waals surface area contributed by atoms with Crippen molar-refractivity contribution in [1.29, 1.82) is 0 Å². The zero-order chi connectivity index (χ0) is 4.24. The maximum Gasteiger partial charge on any atom is 0.138 e. The Morgan fingerprint density at radius 2 is 1.86 bits per heavy atom. The first-order valence-electron chi connectivity index (χ1n) is 1.57. The normalized spacial score (nSPS) is 6.86. The monoisotopic (exact) mass is 99.0 g/mol. The SMILES string of the molecule is O.c1cnncn1. The molecule has 4 heteroatoms. The molecule has 38 valence electrons. The van der Waals surface area contributed by atoms with E-state index in [0.29, 0.717) is 0 Å². The minimum Gasteiger partial charge on any atom is -0.412 e. The van der Waals surface area contributed by atoms with Crippen LogP contribution < -0.4 is 0 Å². The molecule has 1 aromatic rings. The highest BCUT2D eigenvalue weighted by Gasteiger charge is 1.60. The summed E-state index contributed by atoms with van der Waals surface area (Å²) < 4.78 is 0. The van der Waals surface area contributed by atoms with Gasteiger partial charge in [-0.15, -0.1) is 5.10 Å². The van der Waals surface area contributed by atoms with Crippen LogP contribution >= 0.6 is 0 Å². The van der Waals surface area contributed by atoms with E-state index >= 15 is 0 Å². The Morgan fingerprint density at radius 3 is 2.00 bits per heavy atom. The summed E-state index contributed by atoms with van der Waals surface area (Å²) in [6.45, 7) is 0. The molecule has 0 aromatic carbocycles. The maximum atomic E-state index is 3.61. The fraction of sp³-hybridized carbons (Fsp3) is 0. The number of hydrogen-bond donors (Lipinski definition) is 0. The average Bonchev–Trinajstić information content (AvgIpc) is 1.72. The predicted molar refractivity (Wildman–Crippen MR) is 23.4 cm³/mol. The molecule has 0 fully saturated rings. The molecule has 0 unspecified atom stereocenters. The Hall–Kier alpha value is -1.03. The van der Waals surface area contributed by atoms with E-state index < -0.39 is 0 Å². The second kappa shape index (κ2) is 3.17. The number of hydrogen-bond acceptors (Lipinski definition) is 3. The van der Waals surface area contributed by atoms with Crippen LogP contribution in [0, 0.1) is 0 Å². The van der Waals surface area contributed by atoms with Crippen molar-refractivity contribution in [2.75, 3.05) is 0 Å². The van der Waals surface area contributed by atoms with Gasteiger partial charge in [0.25, 0.3) is 0 Å². The van der Waals surface area contributed by atoms with Crippen molar-refractivity contribution in [2.45, 2.75) is 0 Å². The van der Waals surface area contributed by atoms with Gasteiger partial charge in [0, 0.05) is 6.20 Å². The van der Waals surface area contributed by atoms with E-state index in [-0.39, 0.29) is 5.48 Å². The van der Waals surface area contributed by atoms with E-state index in [2.05, 4.69) is 15.2 Å². The fourth-order valence-corrected chi connectivity index (χ4v) is 0.205. The second-order valence-corrected chi connectivity index (χ2v) is 0.794. The Balaban J connectivity index is 0.000000360. The Labute approximate surface area is 40.5 Å². The van der Waals surface area contributed by atoms with E-state index in [4.69, 9.17) is 0 Å². The number of rotatable bonds is 0. The van der Waals surface area contributed by atoms with Crippen LogP contribution in [0.15, 0.2) is 18.7 Å². The largest absolute Gasteiger partial charge is 0.412 e. The summed E-state index contributed by atoms with van der Waals surface area (Å²) in [7, 11) is 0. The molecule has 7 heavy (non-hydrogen) atoms. The average molecular weight is 99.1 g/mol. The second-order valence-electron chi connectivity index (χ2n) is 0.794. The third-order valence-corrected chi connectivity index (χ3v) is 0.404. The molecule has 0 saturated carbocycles. The van der Waals surface area contributed by atoms with Gasteiger partial charge >= 0.3 is 0 Å². The van der Waals surface area contributed by atoms with Crippen LogP contribution in [0.2, 0.25) is 0 Å². The molecule has 1 rings (SSSR count). The van der Waals surface area contributed by atoms with E-state index in [1.807, 2.05) is 0 Å². The minimum absolute atomic E-state index is 0. The molecule has 0 aliphatic rings. The molecule has 0 radical (unpaired) electrons. The highest BCUT2D eigenvalue weighted by atomic mass is 16.0. The molecule has 0 amide bonds. The van der Waals surface area contributed by atoms with Gasteiger partial charge in [-0.1, -0.05) is 0 Å². The molecule has 0 bridgehead atoms. The fourth-order valence-electron chi connectivity index (χ4n) is 0.205. The van der Waals surface area contributed by atoms with Crippen molar-refractivity contribution in [3.8, 4) is 0 Å². The van der Waals surface area contributed by atoms with Crippen molar-refractivity contribution in [3.63, 3.8) is 0 Å². The van der Waals surface area contributed by atoms with Gasteiger partial charge in [-0.05, 0) is 0 Å². The topological polar surface area (TPSA) is 70.2 Å². The highest BCUT2D eigenvalue weighted by Crippen LogP contribution is 1.59. The minimum atomic E-state index is 0. The first-order chi connectivity index (χ1) is 3.00. The molecule has 0 aliphatic carbocycles. The maximum absolute atomic E-state index is 3.61. The van der Waals surface area contributed by atoms with Crippen LogP contribution in [0.1, 0.15) is 0 Å². The van der Waals surface area contributed by atoms with Gasteiger partial charge in [0.2, 0.25) is 0 Å². The van der Waals surface area contributed by atoms with E-state index in [1.165, 1.54) is 12.5 Å². The lowest BCUT2D eigenvalue weighted by atomic mass is 10.9. The Morgan fingerprint density at radius 1 is 1.00 bits per heavy atom. The first-order valence-corrected chi connectivity index (χ1v) is 1.57. The molecule has 0 spiro atoms. The summed E-state index contributed by atoms with van der Waals surface area (Å²) in [5.74, 6) is 0. The van der Waals surface area contributed by atoms with Gasteiger partial charge in [-0.3, -0.25) is 0 Å². The van der Waals surface area contributed by atoms with Crippen molar-refractivity contribution in [2.24, 2.45) is 0 Å². The summed E-state index contributed by atoms with van der Waals surface area (Å²) in [5, 5.41) is 6.90. The smallest absolute Gasteiger partial charge is 0.138 e. The zero-order valence-electron chi connectivity index (χ0n) is 3.57. The van der Waals surface area contributed by atoms with Crippen molar-refractivity contribution < 1.29 is 5.48 Å². The van der Waals surface area contributed by atoms with Crippen molar-refractivity contribution in [1.82, 2.24) is 15.2 Å². The molecule has 0 atom stereocenters. The van der Waals surface area contributed by atoms with Crippen LogP contribution in [-0.2, 0) is 0 Å². The molecule has 1 aromatic heterocycles. The number of nitrogens with zero attached hydrogens (tertiary/aromatic N) is 3. The summed E-state index contributed by atoms with van der Waals surface area (Å²) in [5.41, 5.74) is 0. The summed E-state index contributed by atoms with van der Waals surface area (Å²) >= 11 is 0. The Kier molecular flexibility index (Phi) is 2.70. The van der Waals surface area contributed by atoms with Crippen LogP contribution in [0.4, 0.5) is 0 Å². The highest BCUT2D eigenvalue weighted by molar-refractivity contribution is 4.59. The van der Waals surface area contributed by atoms with Crippen LogP contribution in [-0.4, -0.2) is 20.7 Å². The lowest BCUT2D eigenvalue weighted by Gasteiger charge is -1.69. The summed E-state index contributed by atoms with van der Waals surface area (Å²) in [6, 6.07) is 0. The van der Waals surface area contributed by atoms with Crippen molar-refractivity contribution >= 4 is 0 Å². The van der Waals surface area contributed by atoms with Gasteiger partial charge in [0.15, 0.2) is 0 Å². The van der Waals surface area contributed by atoms with Gasteiger partial charge in [-0.2, -0.15) is 5.10 Å².